The van der Waals surface area contributed by atoms with E-state index in [9.17, 15) is 22.4 Å². The van der Waals surface area contributed by atoms with Crippen LogP contribution in [0.5, 0.6) is 0 Å². The Morgan fingerprint density at radius 3 is 2.11 bits per heavy atom. The van der Waals surface area contributed by atoms with E-state index in [-0.39, 0.29) is 23.5 Å². The molecule has 1 atom stereocenters. The van der Waals surface area contributed by atoms with Crippen LogP contribution in [0.1, 0.15) is 43.0 Å². The molecule has 0 aromatic heterocycles. The largest absolute Gasteiger partial charge is 0.350 e. The Balaban J connectivity index is 1.84. The zero-order valence-corrected chi connectivity index (χ0v) is 28.2. The van der Waals surface area contributed by atoms with Crippen molar-refractivity contribution in [3.05, 3.63) is 130 Å². The summed E-state index contributed by atoms with van der Waals surface area (Å²) in [6, 6.07) is 25.1. The second-order valence-corrected chi connectivity index (χ2v) is 14.6. The smallest absolute Gasteiger partial charge is 0.264 e. The molecule has 7 nitrogen and oxygen atoms in total. The molecule has 242 valence electrons. The Bertz CT molecular complexity index is 1780. The van der Waals surface area contributed by atoms with Gasteiger partial charge in [-0.05, 0) is 87.7 Å². The van der Waals surface area contributed by atoms with Gasteiger partial charge in [0.15, 0.2) is 0 Å². The lowest BCUT2D eigenvalue weighted by atomic mass is 10.0. The molecule has 0 bridgehead atoms. The number of halogens is 2. The summed E-state index contributed by atoms with van der Waals surface area (Å²) in [6.45, 7) is 8.42. The van der Waals surface area contributed by atoms with Crippen LogP contribution >= 0.6 is 11.6 Å². The van der Waals surface area contributed by atoms with Crippen LogP contribution in [0.25, 0.3) is 0 Å². The number of hydrogen-bond donors (Lipinski definition) is 1. The van der Waals surface area contributed by atoms with Crippen LogP contribution in [0.4, 0.5) is 10.1 Å². The Morgan fingerprint density at radius 1 is 0.870 bits per heavy atom. The SMILES string of the molecule is Cc1ccc(S(=O)(=O)N(CC(=O)N(Cc2ccc(F)cc2)[C@H](Cc2ccccc2)C(=O)NC(C)(C)C)c2cc(Cl)ccc2C)cc1. The van der Waals surface area contributed by atoms with E-state index >= 15 is 0 Å². The molecule has 46 heavy (non-hydrogen) atoms. The third-order valence-electron chi connectivity index (χ3n) is 7.36. The van der Waals surface area contributed by atoms with Crippen LogP contribution in [-0.4, -0.2) is 43.3 Å². The first-order valence-electron chi connectivity index (χ1n) is 14.9. The van der Waals surface area contributed by atoms with E-state index in [0.29, 0.717) is 16.1 Å². The van der Waals surface area contributed by atoms with E-state index < -0.39 is 45.8 Å². The second-order valence-electron chi connectivity index (χ2n) is 12.3. The molecule has 0 heterocycles. The Kier molecular flexibility index (Phi) is 10.9. The molecular weight excluding hydrogens is 625 g/mol. The highest BCUT2D eigenvalue weighted by molar-refractivity contribution is 7.92. The summed E-state index contributed by atoms with van der Waals surface area (Å²) in [5, 5.41) is 3.29. The molecule has 0 aliphatic rings. The van der Waals surface area contributed by atoms with Crippen molar-refractivity contribution in [2.24, 2.45) is 0 Å². The lowest BCUT2D eigenvalue weighted by Gasteiger charge is -2.35. The van der Waals surface area contributed by atoms with Crippen molar-refractivity contribution < 1.29 is 22.4 Å². The average Bonchev–Trinajstić information content (AvgIpc) is 2.99. The Labute approximate surface area is 276 Å². The summed E-state index contributed by atoms with van der Waals surface area (Å²) >= 11 is 6.34. The molecule has 0 aliphatic carbocycles. The molecule has 0 spiro atoms. The number of carbonyl (C=O) groups excluding carboxylic acids is 2. The fraction of sp³-hybridized carbons (Fsp3) is 0.278. The van der Waals surface area contributed by atoms with Gasteiger partial charge in [-0.2, -0.15) is 0 Å². The van der Waals surface area contributed by atoms with Crippen LogP contribution in [0, 0.1) is 19.7 Å². The molecule has 0 aliphatic heterocycles. The summed E-state index contributed by atoms with van der Waals surface area (Å²) in [7, 11) is -4.27. The zero-order valence-electron chi connectivity index (χ0n) is 26.6. The van der Waals surface area contributed by atoms with Crippen LogP contribution in [0.15, 0.2) is 102 Å². The maximum absolute atomic E-state index is 14.6. The standard InChI is InChI=1S/C36H39ClFN3O4S/c1-25-11-19-31(20-12-25)46(44,45)41(32-22-29(37)16-13-26(32)2)24-34(42)40(23-28-14-17-30(38)18-15-28)33(35(43)39-36(3,4)5)21-27-9-7-6-8-10-27/h6-20,22,33H,21,23-24H2,1-5H3,(H,39,43)/t33-/m1/s1. The van der Waals surface area contributed by atoms with E-state index in [1.54, 1.807) is 43.3 Å². The molecule has 1 N–H and O–H groups in total. The number of sulfonamides is 1. The van der Waals surface area contributed by atoms with Gasteiger partial charge in [0.1, 0.15) is 18.4 Å². The van der Waals surface area contributed by atoms with E-state index in [2.05, 4.69) is 5.32 Å². The van der Waals surface area contributed by atoms with Gasteiger partial charge in [0, 0.05) is 23.5 Å². The molecular formula is C36H39ClFN3O4S. The highest BCUT2D eigenvalue weighted by Crippen LogP contribution is 2.30. The highest BCUT2D eigenvalue weighted by Gasteiger charge is 2.36. The van der Waals surface area contributed by atoms with Gasteiger partial charge in [-0.1, -0.05) is 77.8 Å². The minimum Gasteiger partial charge on any atom is -0.350 e. The predicted molar refractivity (Wildman–Crippen MR) is 181 cm³/mol. The lowest BCUT2D eigenvalue weighted by molar-refractivity contribution is -0.140. The van der Waals surface area contributed by atoms with Gasteiger partial charge in [0.25, 0.3) is 10.0 Å². The monoisotopic (exact) mass is 663 g/mol. The number of carbonyl (C=O) groups is 2. The maximum Gasteiger partial charge on any atom is 0.264 e. The number of amides is 2. The number of anilines is 1. The normalized spacial score (nSPS) is 12.3. The first-order valence-corrected chi connectivity index (χ1v) is 16.7. The van der Waals surface area contributed by atoms with E-state index in [1.807, 2.05) is 58.0 Å². The van der Waals surface area contributed by atoms with Crippen LogP contribution < -0.4 is 9.62 Å². The Hall–Kier alpha value is -4.21. The van der Waals surface area contributed by atoms with Crippen molar-refractivity contribution in [2.45, 2.75) is 64.1 Å². The van der Waals surface area contributed by atoms with Gasteiger partial charge in [-0.3, -0.25) is 13.9 Å². The molecule has 4 rings (SSSR count). The van der Waals surface area contributed by atoms with Crippen molar-refractivity contribution in [3.63, 3.8) is 0 Å². The van der Waals surface area contributed by atoms with Crippen LogP contribution in [0.2, 0.25) is 5.02 Å². The molecule has 0 unspecified atom stereocenters. The van der Waals surface area contributed by atoms with Gasteiger partial charge in [-0.15, -0.1) is 0 Å². The molecule has 4 aromatic carbocycles. The number of aryl methyl sites for hydroxylation is 2. The molecule has 0 radical (unpaired) electrons. The third kappa shape index (κ3) is 8.95. The maximum atomic E-state index is 14.6. The number of rotatable bonds is 11. The Morgan fingerprint density at radius 2 is 1.50 bits per heavy atom. The van der Waals surface area contributed by atoms with Crippen molar-refractivity contribution in [2.75, 3.05) is 10.8 Å². The van der Waals surface area contributed by atoms with Gasteiger partial charge < -0.3 is 10.2 Å². The molecule has 0 saturated carbocycles. The number of hydrogen-bond acceptors (Lipinski definition) is 4. The van der Waals surface area contributed by atoms with Crippen molar-refractivity contribution in [3.8, 4) is 0 Å². The summed E-state index contributed by atoms with van der Waals surface area (Å²) in [5.41, 5.74) is 2.47. The van der Waals surface area contributed by atoms with Gasteiger partial charge in [0.05, 0.1) is 10.6 Å². The minimum atomic E-state index is -4.27. The summed E-state index contributed by atoms with van der Waals surface area (Å²) in [4.78, 5) is 29.9. The van der Waals surface area contributed by atoms with E-state index in [0.717, 1.165) is 15.4 Å². The quantitative estimate of drug-likeness (QED) is 0.190. The number of nitrogens with zero attached hydrogens (tertiary/aromatic N) is 2. The van der Waals surface area contributed by atoms with Crippen LogP contribution in [0.3, 0.4) is 0 Å². The van der Waals surface area contributed by atoms with E-state index in [1.165, 1.54) is 35.2 Å². The van der Waals surface area contributed by atoms with Crippen LogP contribution in [-0.2, 0) is 32.6 Å². The molecule has 10 heteroatoms. The molecule has 4 aromatic rings. The summed E-state index contributed by atoms with van der Waals surface area (Å²) < 4.78 is 43.4. The first kappa shape index (κ1) is 34.7. The fourth-order valence-electron chi connectivity index (χ4n) is 5.00. The van der Waals surface area contributed by atoms with Gasteiger partial charge in [-0.25, -0.2) is 12.8 Å². The number of benzene rings is 4. The second kappa shape index (κ2) is 14.5. The highest BCUT2D eigenvalue weighted by atomic mass is 35.5. The lowest BCUT2D eigenvalue weighted by Crippen LogP contribution is -2.56. The minimum absolute atomic E-state index is 0.00155. The predicted octanol–water partition coefficient (Wildman–Crippen LogP) is 6.85. The average molecular weight is 664 g/mol. The third-order valence-corrected chi connectivity index (χ3v) is 9.37. The van der Waals surface area contributed by atoms with Gasteiger partial charge in [0.2, 0.25) is 11.8 Å². The zero-order chi connectivity index (χ0) is 33.6. The van der Waals surface area contributed by atoms with E-state index in [4.69, 9.17) is 11.6 Å². The van der Waals surface area contributed by atoms with Gasteiger partial charge >= 0.3 is 0 Å². The topological polar surface area (TPSA) is 86.8 Å². The fourth-order valence-corrected chi connectivity index (χ4v) is 6.63. The van der Waals surface area contributed by atoms with Crippen molar-refractivity contribution >= 4 is 39.1 Å². The molecule has 2 amide bonds. The van der Waals surface area contributed by atoms with Crippen molar-refractivity contribution in [1.82, 2.24) is 10.2 Å². The summed E-state index contributed by atoms with van der Waals surface area (Å²) in [6.07, 6.45) is 0.163. The molecule has 0 saturated heterocycles. The molecule has 0 fully saturated rings. The first-order chi connectivity index (χ1) is 21.6. The number of nitrogens with one attached hydrogen (secondary N) is 1. The van der Waals surface area contributed by atoms with Crippen molar-refractivity contribution in [1.29, 1.82) is 0 Å². The summed E-state index contributed by atoms with van der Waals surface area (Å²) in [5.74, 6) is -1.47.